The lowest BCUT2D eigenvalue weighted by molar-refractivity contribution is 0.0515. The molecule has 0 aliphatic heterocycles. The lowest BCUT2D eigenvalue weighted by Crippen LogP contribution is -2.08. The van der Waals surface area contributed by atoms with Crippen LogP contribution in [0.5, 0.6) is 5.75 Å². The lowest BCUT2D eigenvalue weighted by atomic mass is 10.1. The molecule has 0 amide bonds. The van der Waals surface area contributed by atoms with Crippen LogP contribution < -0.4 is 4.74 Å². The summed E-state index contributed by atoms with van der Waals surface area (Å²) in [6.07, 6.45) is 5.05. The Balaban J connectivity index is 1.70. The second-order valence-electron chi connectivity index (χ2n) is 5.87. The molecule has 1 aliphatic carbocycles. The van der Waals surface area contributed by atoms with Gasteiger partial charge in [0.2, 0.25) is 0 Å². The van der Waals surface area contributed by atoms with Gasteiger partial charge in [0.15, 0.2) is 10.7 Å². The SMILES string of the molecule is CCOC(=O)c1[nH]nnc1Sc1cc(OCC2CCCC2)ccc1Cl. The molecule has 0 radical (unpaired) electrons. The molecule has 0 atom stereocenters. The Morgan fingerprint density at radius 1 is 1.40 bits per heavy atom. The fourth-order valence-corrected chi connectivity index (χ4v) is 3.87. The number of esters is 1. The van der Waals surface area contributed by atoms with Crippen LogP contribution >= 0.6 is 23.4 Å². The number of hydrogen-bond acceptors (Lipinski definition) is 6. The smallest absolute Gasteiger partial charge is 0.359 e. The fraction of sp³-hybridized carbons (Fsp3) is 0.471. The van der Waals surface area contributed by atoms with Gasteiger partial charge in [0.1, 0.15) is 5.75 Å². The third-order valence-electron chi connectivity index (χ3n) is 4.07. The van der Waals surface area contributed by atoms with Crippen molar-refractivity contribution in [3.05, 3.63) is 28.9 Å². The van der Waals surface area contributed by atoms with Crippen molar-refractivity contribution in [1.82, 2.24) is 15.4 Å². The molecule has 1 heterocycles. The molecule has 6 nitrogen and oxygen atoms in total. The summed E-state index contributed by atoms with van der Waals surface area (Å²) < 4.78 is 10.9. The molecule has 1 saturated carbocycles. The Kier molecular flexibility index (Phi) is 6.20. The molecule has 1 aromatic heterocycles. The molecule has 1 fully saturated rings. The Morgan fingerprint density at radius 2 is 2.20 bits per heavy atom. The zero-order valence-corrected chi connectivity index (χ0v) is 15.5. The fourth-order valence-electron chi connectivity index (χ4n) is 2.77. The van der Waals surface area contributed by atoms with Crippen molar-refractivity contribution in [2.75, 3.05) is 13.2 Å². The summed E-state index contributed by atoms with van der Waals surface area (Å²) in [4.78, 5) is 12.7. The van der Waals surface area contributed by atoms with E-state index in [9.17, 15) is 4.79 Å². The van der Waals surface area contributed by atoms with E-state index in [1.807, 2.05) is 12.1 Å². The molecule has 2 aromatic rings. The number of aromatic nitrogens is 3. The Labute approximate surface area is 155 Å². The first kappa shape index (κ1) is 18.1. The van der Waals surface area contributed by atoms with Crippen molar-refractivity contribution in [2.24, 2.45) is 5.92 Å². The summed E-state index contributed by atoms with van der Waals surface area (Å²) in [7, 11) is 0. The number of nitrogens with zero attached hydrogens (tertiary/aromatic N) is 2. The third kappa shape index (κ3) is 4.67. The Hall–Kier alpha value is -1.73. The van der Waals surface area contributed by atoms with E-state index < -0.39 is 5.97 Å². The maximum Gasteiger partial charge on any atom is 0.359 e. The number of carbonyl (C=O) groups excluding carboxylic acids is 1. The standard InChI is InChI=1S/C17H20ClN3O3S/c1-2-23-17(22)15-16(20-21-19-15)25-14-9-12(7-8-13(14)18)24-10-11-5-3-4-6-11/h7-9,11H,2-6,10H2,1H3,(H,19,20,21). The third-order valence-corrected chi connectivity index (χ3v) is 5.54. The molecule has 0 unspecified atom stereocenters. The van der Waals surface area contributed by atoms with E-state index in [4.69, 9.17) is 21.1 Å². The molecule has 1 aromatic carbocycles. The monoisotopic (exact) mass is 381 g/mol. The van der Waals surface area contributed by atoms with Crippen molar-refractivity contribution in [2.45, 2.75) is 42.5 Å². The van der Waals surface area contributed by atoms with Crippen LogP contribution in [-0.4, -0.2) is 34.6 Å². The van der Waals surface area contributed by atoms with Crippen LogP contribution in [0.3, 0.4) is 0 Å². The molecule has 0 spiro atoms. The van der Waals surface area contributed by atoms with E-state index in [0.717, 1.165) is 17.3 Å². The molecular formula is C17H20ClN3O3S. The lowest BCUT2D eigenvalue weighted by Gasteiger charge is -2.12. The maximum absolute atomic E-state index is 11.9. The van der Waals surface area contributed by atoms with Crippen LogP contribution in [0.15, 0.2) is 28.1 Å². The van der Waals surface area contributed by atoms with Crippen LogP contribution in [-0.2, 0) is 4.74 Å². The van der Waals surface area contributed by atoms with Crippen molar-refractivity contribution >= 4 is 29.3 Å². The van der Waals surface area contributed by atoms with Gasteiger partial charge in [-0.2, -0.15) is 0 Å². The highest BCUT2D eigenvalue weighted by molar-refractivity contribution is 7.99. The van der Waals surface area contributed by atoms with Crippen molar-refractivity contribution in [1.29, 1.82) is 0 Å². The van der Waals surface area contributed by atoms with E-state index in [2.05, 4.69) is 15.4 Å². The predicted molar refractivity (Wildman–Crippen MR) is 95.4 cm³/mol. The molecule has 8 heteroatoms. The van der Waals surface area contributed by atoms with Crippen LogP contribution in [0, 0.1) is 5.92 Å². The van der Waals surface area contributed by atoms with Gasteiger partial charge in [-0.25, -0.2) is 4.79 Å². The number of rotatable bonds is 7. The van der Waals surface area contributed by atoms with Crippen LogP contribution in [0.25, 0.3) is 0 Å². The summed E-state index contributed by atoms with van der Waals surface area (Å²) >= 11 is 7.54. The topological polar surface area (TPSA) is 77.1 Å². The van der Waals surface area contributed by atoms with E-state index >= 15 is 0 Å². The van der Waals surface area contributed by atoms with Gasteiger partial charge in [0, 0.05) is 4.90 Å². The first-order valence-corrected chi connectivity index (χ1v) is 9.55. The Bertz CT molecular complexity index is 732. The van der Waals surface area contributed by atoms with Gasteiger partial charge in [-0.05, 0) is 43.9 Å². The van der Waals surface area contributed by atoms with Crippen molar-refractivity contribution in [3.8, 4) is 5.75 Å². The molecule has 0 bridgehead atoms. The van der Waals surface area contributed by atoms with Gasteiger partial charge in [-0.1, -0.05) is 41.4 Å². The van der Waals surface area contributed by atoms with E-state index in [1.165, 1.54) is 37.4 Å². The van der Waals surface area contributed by atoms with E-state index in [-0.39, 0.29) is 12.3 Å². The number of carbonyl (C=O) groups is 1. The van der Waals surface area contributed by atoms with Gasteiger partial charge < -0.3 is 9.47 Å². The average Bonchev–Trinajstić information content (AvgIpc) is 3.27. The summed E-state index contributed by atoms with van der Waals surface area (Å²) in [5.41, 5.74) is 0.222. The van der Waals surface area contributed by atoms with E-state index in [1.54, 1.807) is 13.0 Å². The quantitative estimate of drug-likeness (QED) is 0.718. The first-order valence-electron chi connectivity index (χ1n) is 8.35. The number of benzene rings is 1. The summed E-state index contributed by atoms with van der Waals surface area (Å²) in [6, 6.07) is 5.51. The minimum atomic E-state index is -0.486. The number of hydrogen-bond donors (Lipinski definition) is 1. The zero-order valence-electron chi connectivity index (χ0n) is 14.0. The molecular weight excluding hydrogens is 362 g/mol. The molecule has 1 N–H and O–H groups in total. The highest BCUT2D eigenvalue weighted by atomic mass is 35.5. The summed E-state index contributed by atoms with van der Waals surface area (Å²) in [5, 5.41) is 11.2. The van der Waals surface area contributed by atoms with Gasteiger partial charge in [-0.15, -0.1) is 5.10 Å². The van der Waals surface area contributed by atoms with Gasteiger partial charge in [0.05, 0.1) is 18.2 Å². The highest BCUT2D eigenvalue weighted by Gasteiger charge is 2.20. The van der Waals surface area contributed by atoms with Gasteiger partial charge in [0.25, 0.3) is 0 Å². The summed E-state index contributed by atoms with van der Waals surface area (Å²) in [6.45, 7) is 2.76. The second kappa shape index (κ2) is 8.58. The molecule has 1 aliphatic rings. The van der Waals surface area contributed by atoms with Crippen molar-refractivity contribution in [3.63, 3.8) is 0 Å². The highest BCUT2D eigenvalue weighted by Crippen LogP contribution is 2.36. The normalized spacial score (nSPS) is 14.6. The zero-order chi connectivity index (χ0) is 17.6. The summed E-state index contributed by atoms with van der Waals surface area (Å²) in [5.74, 6) is 0.914. The maximum atomic E-state index is 11.9. The number of nitrogens with one attached hydrogen (secondary N) is 1. The minimum Gasteiger partial charge on any atom is -0.493 e. The first-order chi connectivity index (χ1) is 12.2. The van der Waals surface area contributed by atoms with E-state index in [0.29, 0.717) is 16.0 Å². The van der Waals surface area contributed by atoms with Gasteiger partial charge >= 0.3 is 5.97 Å². The largest absolute Gasteiger partial charge is 0.493 e. The number of aromatic amines is 1. The van der Waals surface area contributed by atoms with Crippen molar-refractivity contribution < 1.29 is 14.3 Å². The molecule has 25 heavy (non-hydrogen) atoms. The minimum absolute atomic E-state index is 0.222. The molecule has 0 saturated heterocycles. The van der Waals surface area contributed by atoms with Crippen LogP contribution in [0.4, 0.5) is 0 Å². The average molecular weight is 382 g/mol. The van der Waals surface area contributed by atoms with Gasteiger partial charge in [-0.3, -0.25) is 5.10 Å². The number of ether oxygens (including phenoxy) is 2. The second-order valence-corrected chi connectivity index (χ2v) is 7.31. The number of H-pyrrole nitrogens is 1. The number of halogens is 1. The Morgan fingerprint density at radius 3 is 2.96 bits per heavy atom. The molecule has 3 rings (SSSR count). The predicted octanol–water partition coefficient (Wildman–Crippen LogP) is 4.36. The molecule has 134 valence electrons. The van der Waals surface area contributed by atoms with Crippen LogP contribution in [0.1, 0.15) is 43.1 Å². The van der Waals surface area contributed by atoms with Crippen LogP contribution in [0.2, 0.25) is 5.02 Å².